The van der Waals surface area contributed by atoms with Crippen molar-refractivity contribution >= 4 is 0 Å². The van der Waals surface area contributed by atoms with Crippen molar-refractivity contribution in [3.8, 4) is 5.75 Å². The Morgan fingerprint density at radius 2 is 2.05 bits per heavy atom. The van der Waals surface area contributed by atoms with Crippen molar-refractivity contribution in [2.75, 3.05) is 0 Å². The van der Waals surface area contributed by atoms with E-state index >= 15 is 0 Å². The molecule has 1 fully saturated rings. The van der Waals surface area contributed by atoms with Crippen molar-refractivity contribution in [1.82, 2.24) is 10.3 Å². The summed E-state index contributed by atoms with van der Waals surface area (Å²) >= 11 is 0. The van der Waals surface area contributed by atoms with Gasteiger partial charge in [0.15, 0.2) is 0 Å². The summed E-state index contributed by atoms with van der Waals surface area (Å²) in [5.74, 6) is 1.71. The van der Waals surface area contributed by atoms with E-state index in [4.69, 9.17) is 4.74 Å². The monoisotopic (exact) mass is 290 g/mol. The highest BCUT2D eigenvalue weighted by molar-refractivity contribution is 5.30. The number of hydrogen-bond acceptors (Lipinski definition) is 3. The zero-order valence-corrected chi connectivity index (χ0v) is 14.0. The average molecular weight is 290 g/mol. The summed E-state index contributed by atoms with van der Waals surface area (Å²) in [6.45, 7) is 9.62. The van der Waals surface area contributed by atoms with Gasteiger partial charge in [0, 0.05) is 30.0 Å². The van der Waals surface area contributed by atoms with Gasteiger partial charge < -0.3 is 10.1 Å². The second-order valence-electron chi connectivity index (χ2n) is 7.20. The van der Waals surface area contributed by atoms with Crippen LogP contribution < -0.4 is 10.1 Å². The maximum Gasteiger partial charge on any atom is 0.127 e. The van der Waals surface area contributed by atoms with Gasteiger partial charge in [0.1, 0.15) is 11.9 Å². The molecule has 3 heteroatoms. The van der Waals surface area contributed by atoms with Gasteiger partial charge in [-0.2, -0.15) is 0 Å². The number of ether oxygens (including phenoxy) is 1. The van der Waals surface area contributed by atoms with Gasteiger partial charge in [-0.25, -0.2) is 0 Å². The standard InChI is InChI=1S/C18H30N2O/c1-5-14-8-6-7-9-16(14)21-17-10-11-19-12-15(17)13-20-18(2,3)4/h10-12,14,16,20H,5-9,13H2,1-4H3. The molecule has 1 N–H and O–H groups in total. The van der Waals surface area contributed by atoms with Crippen LogP contribution in [-0.2, 0) is 6.54 Å². The van der Waals surface area contributed by atoms with E-state index in [-0.39, 0.29) is 5.54 Å². The van der Waals surface area contributed by atoms with Crippen LogP contribution in [0, 0.1) is 5.92 Å². The summed E-state index contributed by atoms with van der Waals surface area (Å²) in [5, 5.41) is 3.52. The van der Waals surface area contributed by atoms with Crippen LogP contribution >= 0.6 is 0 Å². The molecule has 1 aromatic rings. The largest absolute Gasteiger partial charge is 0.490 e. The van der Waals surface area contributed by atoms with Crippen LogP contribution in [0.2, 0.25) is 0 Å². The first-order valence-corrected chi connectivity index (χ1v) is 8.34. The molecule has 1 heterocycles. The molecule has 2 unspecified atom stereocenters. The Morgan fingerprint density at radius 1 is 1.29 bits per heavy atom. The van der Waals surface area contributed by atoms with Gasteiger partial charge in [-0.05, 0) is 58.4 Å². The second-order valence-corrected chi connectivity index (χ2v) is 7.20. The predicted molar refractivity (Wildman–Crippen MR) is 87.5 cm³/mol. The molecule has 2 rings (SSSR count). The first kappa shape index (κ1) is 16.3. The lowest BCUT2D eigenvalue weighted by Crippen LogP contribution is -2.35. The summed E-state index contributed by atoms with van der Waals surface area (Å²) < 4.78 is 6.38. The maximum absolute atomic E-state index is 6.38. The third kappa shape index (κ3) is 4.99. The van der Waals surface area contributed by atoms with E-state index in [9.17, 15) is 0 Å². The third-order valence-electron chi connectivity index (χ3n) is 4.31. The van der Waals surface area contributed by atoms with Crippen molar-refractivity contribution < 1.29 is 4.74 Å². The molecular formula is C18H30N2O. The van der Waals surface area contributed by atoms with Gasteiger partial charge in [0.25, 0.3) is 0 Å². The minimum atomic E-state index is 0.101. The number of pyridine rings is 1. The zero-order chi connectivity index (χ0) is 15.3. The van der Waals surface area contributed by atoms with Crippen molar-refractivity contribution in [3.05, 3.63) is 24.0 Å². The fourth-order valence-corrected chi connectivity index (χ4v) is 2.98. The first-order valence-electron chi connectivity index (χ1n) is 8.34. The summed E-state index contributed by atoms with van der Waals surface area (Å²) in [5.41, 5.74) is 1.26. The van der Waals surface area contributed by atoms with Gasteiger partial charge in [-0.1, -0.05) is 13.3 Å². The molecule has 0 radical (unpaired) electrons. The Labute approximate surface area is 129 Å². The van der Waals surface area contributed by atoms with E-state index in [1.807, 2.05) is 18.5 Å². The highest BCUT2D eigenvalue weighted by Gasteiger charge is 2.26. The van der Waals surface area contributed by atoms with Crippen molar-refractivity contribution in [1.29, 1.82) is 0 Å². The normalized spacial score (nSPS) is 23.0. The van der Waals surface area contributed by atoms with E-state index in [1.165, 1.54) is 32.1 Å². The van der Waals surface area contributed by atoms with Crippen molar-refractivity contribution in [3.63, 3.8) is 0 Å². The van der Waals surface area contributed by atoms with Gasteiger partial charge in [0.05, 0.1) is 0 Å². The van der Waals surface area contributed by atoms with Crippen molar-refractivity contribution in [2.45, 2.75) is 78.0 Å². The van der Waals surface area contributed by atoms with E-state index in [0.717, 1.165) is 17.9 Å². The number of rotatable bonds is 5. The molecule has 0 aromatic carbocycles. The molecule has 1 aliphatic carbocycles. The van der Waals surface area contributed by atoms with Crippen LogP contribution in [0.3, 0.4) is 0 Å². The zero-order valence-electron chi connectivity index (χ0n) is 14.0. The molecule has 1 aromatic heterocycles. The molecule has 0 saturated heterocycles. The van der Waals surface area contributed by atoms with E-state index < -0.39 is 0 Å². The highest BCUT2D eigenvalue weighted by Crippen LogP contribution is 2.31. The topological polar surface area (TPSA) is 34.1 Å². The van der Waals surface area contributed by atoms with Crippen LogP contribution in [0.5, 0.6) is 5.75 Å². The molecule has 21 heavy (non-hydrogen) atoms. The lowest BCUT2D eigenvalue weighted by Gasteiger charge is -2.32. The summed E-state index contributed by atoms with van der Waals surface area (Å²) in [6, 6.07) is 2.01. The third-order valence-corrected chi connectivity index (χ3v) is 4.31. The molecule has 1 aliphatic rings. The molecule has 3 nitrogen and oxygen atoms in total. The molecule has 0 bridgehead atoms. The molecule has 1 saturated carbocycles. The molecule has 2 atom stereocenters. The summed E-state index contributed by atoms with van der Waals surface area (Å²) in [7, 11) is 0. The second kappa shape index (κ2) is 7.26. The Balaban J connectivity index is 2.05. The Morgan fingerprint density at radius 3 is 2.76 bits per heavy atom. The average Bonchev–Trinajstić information content (AvgIpc) is 2.46. The fraction of sp³-hybridized carbons (Fsp3) is 0.722. The lowest BCUT2D eigenvalue weighted by atomic mass is 9.84. The number of aromatic nitrogens is 1. The van der Waals surface area contributed by atoms with Crippen LogP contribution in [0.15, 0.2) is 18.5 Å². The van der Waals surface area contributed by atoms with E-state index in [0.29, 0.717) is 12.0 Å². The molecular weight excluding hydrogens is 260 g/mol. The van der Waals surface area contributed by atoms with E-state index in [2.05, 4.69) is 38.0 Å². The van der Waals surface area contributed by atoms with Gasteiger partial charge in [-0.15, -0.1) is 0 Å². The van der Waals surface area contributed by atoms with Crippen LogP contribution in [0.4, 0.5) is 0 Å². The number of nitrogens with zero attached hydrogens (tertiary/aromatic N) is 1. The molecule has 0 spiro atoms. The van der Waals surface area contributed by atoms with Gasteiger partial charge in [-0.3, -0.25) is 4.98 Å². The number of nitrogens with one attached hydrogen (secondary N) is 1. The first-order chi connectivity index (χ1) is 9.99. The minimum absolute atomic E-state index is 0.101. The maximum atomic E-state index is 6.38. The minimum Gasteiger partial charge on any atom is -0.490 e. The summed E-state index contributed by atoms with van der Waals surface area (Å²) in [6.07, 6.45) is 10.5. The van der Waals surface area contributed by atoms with Crippen molar-refractivity contribution in [2.24, 2.45) is 5.92 Å². The fourth-order valence-electron chi connectivity index (χ4n) is 2.98. The molecule has 118 valence electrons. The highest BCUT2D eigenvalue weighted by atomic mass is 16.5. The molecule has 0 amide bonds. The summed E-state index contributed by atoms with van der Waals surface area (Å²) in [4.78, 5) is 4.26. The Hall–Kier alpha value is -1.09. The van der Waals surface area contributed by atoms with Crippen LogP contribution in [-0.4, -0.2) is 16.6 Å². The lowest BCUT2D eigenvalue weighted by molar-refractivity contribution is 0.0890. The van der Waals surface area contributed by atoms with Crippen LogP contribution in [0.25, 0.3) is 0 Å². The van der Waals surface area contributed by atoms with Gasteiger partial charge in [0.2, 0.25) is 0 Å². The Kier molecular flexibility index (Phi) is 5.63. The smallest absolute Gasteiger partial charge is 0.127 e. The Bertz CT molecular complexity index is 439. The van der Waals surface area contributed by atoms with E-state index in [1.54, 1.807) is 0 Å². The molecule has 0 aliphatic heterocycles. The van der Waals surface area contributed by atoms with Crippen LogP contribution in [0.1, 0.15) is 65.4 Å². The predicted octanol–water partition coefficient (Wildman–Crippen LogP) is 4.32. The quantitative estimate of drug-likeness (QED) is 0.877. The number of hydrogen-bond donors (Lipinski definition) is 1. The van der Waals surface area contributed by atoms with Gasteiger partial charge >= 0.3 is 0 Å². The SMILES string of the molecule is CCC1CCCCC1Oc1ccncc1CNC(C)(C)C.